The molecule has 4 rings (SSSR count). The van der Waals surface area contributed by atoms with Gasteiger partial charge in [-0.2, -0.15) is 0 Å². The predicted octanol–water partition coefficient (Wildman–Crippen LogP) is 4.19. The van der Waals surface area contributed by atoms with Crippen LogP contribution >= 0.6 is 0 Å². The standard InChI is InChI=1S/C21H27N3O2/c1-14-2-4-16(5-3-14)20-19(12-23-21(22)24-20)15-6-8-17(9-7-15)26-18-10-11-25-13-18/h6-9,12,14,16,18H,2-5,10-11,13H2,1H3,(H2,22,23,24)/t14-,16-,18-/m0/s1. The molecule has 2 N–H and O–H groups in total. The van der Waals surface area contributed by atoms with Gasteiger partial charge in [-0.3, -0.25) is 0 Å². The minimum Gasteiger partial charge on any atom is -0.488 e. The zero-order valence-corrected chi connectivity index (χ0v) is 15.4. The summed E-state index contributed by atoms with van der Waals surface area (Å²) in [6.07, 6.45) is 7.85. The number of benzene rings is 1. The molecule has 1 aliphatic carbocycles. The maximum atomic E-state index is 5.97. The Kier molecular flexibility index (Phi) is 5.07. The van der Waals surface area contributed by atoms with E-state index in [0.29, 0.717) is 18.5 Å². The van der Waals surface area contributed by atoms with E-state index in [9.17, 15) is 0 Å². The van der Waals surface area contributed by atoms with Gasteiger partial charge in [-0.15, -0.1) is 0 Å². The molecular formula is C21H27N3O2. The largest absolute Gasteiger partial charge is 0.488 e. The molecule has 5 heteroatoms. The fourth-order valence-electron chi connectivity index (χ4n) is 3.99. The van der Waals surface area contributed by atoms with Crippen LogP contribution in [-0.4, -0.2) is 29.3 Å². The normalized spacial score (nSPS) is 26.0. The number of hydrogen-bond acceptors (Lipinski definition) is 5. The van der Waals surface area contributed by atoms with Crippen LogP contribution in [0.1, 0.15) is 50.6 Å². The lowest BCUT2D eigenvalue weighted by Gasteiger charge is -2.27. The van der Waals surface area contributed by atoms with E-state index in [0.717, 1.165) is 41.5 Å². The molecule has 2 fully saturated rings. The molecule has 1 aromatic heterocycles. The average molecular weight is 353 g/mol. The van der Waals surface area contributed by atoms with Gasteiger partial charge in [-0.25, -0.2) is 9.97 Å². The van der Waals surface area contributed by atoms with E-state index in [1.54, 1.807) is 0 Å². The van der Waals surface area contributed by atoms with E-state index in [-0.39, 0.29) is 6.10 Å². The van der Waals surface area contributed by atoms with Crippen molar-refractivity contribution in [1.82, 2.24) is 9.97 Å². The Morgan fingerprint density at radius 3 is 2.54 bits per heavy atom. The summed E-state index contributed by atoms with van der Waals surface area (Å²) in [4.78, 5) is 8.87. The first-order chi connectivity index (χ1) is 12.7. The number of hydrogen-bond donors (Lipinski definition) is 1. The third-order valence-corrected chi connectivity index (χ3v) is 5.60. The molecular weight excluding hydrogens is 326 g/mol. The Morgan fingerprint density at radius 1 is 1.08 bits per heavy atom. The summed E-state index contributed by atoms with van der Waals surface area (Å²) < 4.78 is 11.3. The highest BCUT2D eigenvalue weighted by molar-refractivity contribution is 5.67. The maximum Gasteiger partial charge on any atom is 0.220 e. The lowest BCUT2D eigenvalue weighted by Crippen LogP contribution is -2.15. The van der Waals surface area contributed by atoms with Crippen molar-refractivity contribution in [2.75, 3.05) is 18.9 Å². The summed E-state index contributed by atoms with van der Waals surface area (Å²) in [6, 6.07) is 8.23. The van der Waals surface area contributed by atoms with Crippen LogP contribution in [-0.2, 0) is 4.74 Å². The summed E-state index contributed by atoms with van der Waals surface area (Å²) in [5.41, 5.74) is 9.21. The second-order valence-electron chi connectivity index (χ2n) is 7.61. The molecule has 5 nitrogen and oxygen atoms in total. The quantitative estimate of drug-likeness (QED) is 0.892. The Morgan fingerprint density at radius 2 is 1.85 bits per heavy atom. The molecule has 138 valence electrons. The van der Waals surface area contributed by atoms with Gasteiger partial charge in [0.25, 0.3) is 0 Å². The Balaban J connectivity index is 1.56. The highest BCUT2D eigenvalue weighted by Crippen LogP contribution is 2.39. The van der Waals surface area contributed by atoms with Crippen LogP contribution in [0.4, 0.5) is 5.95 Å². The molecule has 1 aromatic carbocycles. The molecule has 2 aliphatic rings. The third-order valence-electron chi connectivity index (χ3n) is 5.60. The first-order valence-corrected chi connectivity index (χ1v) is 9.66. The van der Waals surface area contributed by atoms with Gasteiger partial charge in [0.2, 0.25) is 5.95 Å². The van der Waals surface area contributed by atoms with Crippen molar-refractivity contribution in [3.05, 3.63) is 36.2 Å². The molecule has 0 spiro atoms. The van der Waals surface area contributed by atoms with Crippen LogP contribution in [0.25, 0.3) is 11.1 Å². The van der Waals surface area contributed by atoms with E-state index in [1.807, 2.05) is 18.3 Å². The molecule has 0 unspecified atom stereocenters. The summed E-state index contributed by atoms with van der Waals surface area (Å²) in [7, 11) is 0. The van der Waals surface area contributed by atoms with Crippen LogP contribution in [0.3, 0.4) is 0 Å². The van der Waals surface area contributed by atoms with E-state index in [2.05, 4.69) is 29.0 Å². The minimum atomic E-state index is 0.167. The lowest BCUT2D eigenvalue weighted by atomic mass is 9.80. The van der Waals surface area contributed by atoms with Gasteiger partial charge in [-0.05, 0) is 36.5 Å². The number of nitrogens with two attached hydrogens (primary N) is 1. The fourth-order valence-corrected chi connectivity index (χ4v) is 3.99. The molecule has 1 saturated carbocycles. The fraction of sp³-hybridized carbons (Fsp3) is 0.524. The van der Waals surface area contributed by atoms with Crippen LogP contribution < -0.4 is 10.5 Å². The van der Waals surface area contributed by atoms with Crippen molar-refractivity contribution < 1.29 is 9.47 Å². The van der Waals surface area contributed by atoms with Crippen molar-refractivity contribution in [1.29, 1.82) is 0 Å². The van der Waals surface area contributed by atoms with Gasteiger partial charge in [0.1, 0.15) is 11.9 Å². The van der Waals surface area contributed by atoms with E-state index in [4.69, 9.17) is 15.2 Å². The number of rotatable bonds is 4. The first kappa shape index (κ1) is 17.3. The van der Waals surface area contributed by atoms with E-state index in [1.165, 1.54) is 25.7 Å². The second-order valence-corrected chi connectivity index (χ2v) is 7.61. The molecule has 0 bridgehead atoms. The Labute approximate surface area is 154 Å². The molecule has 0 radical (unpaired) electrons. The average Bonchev–Trinajstić information content (AvgIpc) is 3.16. The Hall–Kier alpha value is -2.14. The summed E-state index contributed by atoms with van der Waals surface area (Å²) in [5, 5.41) is 0. The van der Waals surface area contributed by atoms with E-state index < -0.39 is 0 Å². The molecule has 1 atom stereocenters. The van der Waals surface area contributed by atoms with Crippen LogP contribution in [0, 0.1) is 5.92 Å². The molecule has 2 aromatic rings. The molecule has 1 saturated heterocycles. The third kappa shape index (κ3) is 3.83. The topological polar surface area (TPSA) is 70.3 Å². The van der Waals surface area contributed by atoms with Gasteiger partial charge in [0, 0.05) is 24.1 Å². The molecule has 1 aliphatic heterocycles. The minimum absolute atomic E-state index is 0.167. The summed E-state index contributed by atoms with van der Waals surface area (Å²) in [5.74, 6) is 2.53. The van der Waals surface area contributed by atoms with Crippen LogP contribution in [0.15, 0.2) is 30.5 Å². The highest BCUT2D eigenvalue weighted by Gasteiger charge is 2.24. The molecule has 0 amide bonds. The zero-order chi connectivity index (χ0) is 17.9. The SMILES string of the molecule is C[C@H]1CC[C@H](c2nc(N)ncc2-c2ccc(O[C@H]3CCOC3)cc2)CC1. The predicted molar refractivity (Wildman–Crippen MR) is 102 cm³/mol. The van der Waals surface area contributed by atoms with Crippen molar-refractivity contribution in [3.63, 3.8) is 0 Å². The lowest BCUT2D eigenvalue weighted by molar-refractivity contribution is 0.141. The second kappa shape index (κ2) is 7.62. The number of nitrogen functional groups attached to an aromatic ring is 1. The maximum absolute atomic E-state index is 5.97. The summed E-state index contributed by atoms with van der Waals surface area (Å²) in [6.45, 7) is 3.80. The highest BCUT2D eigenvalue weighted by atomic mass is 16.5. The van der Waals surface area contributed by atoms with Crippen molar-refractivity contribution in [3.8, 4) is 16.9 Å². The van der Waals surface area contributed by atoms with Crippen molar-refractivity contribution >= 4 is 5.95 Å². The monoisotopic (exact) mass is 353 g/mol. The van der Waals surface area contributed by atoms with Gasteiger partial charge in [0.05, 0.1) is 18.9 Å². The van der Waals surface area contributed by atoms with Gasteiger partial charge in [0.15, 0.2) is 0 Å². The zero-order valence-electron chi connectivity index (χ0n) is 15.4. The van der Waals surface area contributed by atoms with Gasteiger partial charge in [-0.1, -0.05) is 31.9 Å². The van der Waals surface area contributed by atoms with Gasteiger partial charge >= 0.3 is 0 Å². The van der Waals surface area contributed by atoms with Crippen LogP contribution in [0.5, 0.6) is 5.75 Å². The van der Waals surface area contributed by atoms with Crippen molar-refractivity contribution in [2.45, 2.75) is 51.0 Å². The molecule has 2 heterocycles. The van der Waals surface area contributed by atoms with Crippen LogP contribution in [0.2, 0.25) is 0 Å². The van der Waals surface area contributed by atoms with Crippen molar-refractivity contribution in [2.24, 2.45) is 5.92 Å². The van der Waals surface area contributed by atoms with E-state index >= 15 is 0 Å². The first-order valence-electron chi connectivity index (χ1n) is 9.66. The number of aromatic nitrogens is 2. The summed E-state index contributed by atoms with van der Waals surface area (Å²) >= 11 is 0. The molecule has 26 heavy (non-hydrogen) atoms. The number of ether oxygens (including phenoxy) is 2. The smallest absolute Gasteiger partial charge is 0.220 e. The Bertz CT molecular complexity index is 733. The van der Waals surface area contributed by atoms with Gasteiger partial charge < -0.3 is 15.2 Å². The number of nitrogens with zero attached hydrogens (tertiary/aromatic N) is 2. The number of anilines is 1.